The molecule has 2 aromatic rings. The number of thiol groups is 1. The molecule has 0 amide bonds. The van der Waals surface area contributed by atoms with Gasteiger partial charge in [0, 0.05) is 0 Å². The molecule has 0 saturated heterocycles. The van der Waals surface area contributed by atoms with Crippen molar-refractivity contribution in [2.75, 3.05) is 0 Å². The fourth-order valence-electron chi connectivity index (χ4n) is 1.91. The maximum atomic E-state index is 5.88. The minimum absolute atomic E-state index is 0.735. The van der Waals surface area contributed by atoms with Crippen LogP contribution in [0.1, 0.15) is 22.3 Å². The van der Waals surface area contributed by atoms with Crippen LogP contribution in [0, 0.1) is 27.7 Å². The molecule has 5 heteroatoms. The van der Waals surface area contributed by atoms with Crippen molar-refractivity contribution in [3.8, 4) is 11.5 Å². The Morgan fingerprint density at radius 2 is 1.19 bits per heavy atom. The summed E-state index contributed by atoms with van der Waals surface area (Å²) in [6.07, 6.45) is 0. The van der Waals surface area contributed by atoms with Crippen molar-refractivity contribution in [1.29, 1.82) is 0 Å². The Hall–Kier alpha value is -0.960. The van der Waals surface area contributed by atoms with Gasteiger partial charge in [0.25, 0.3) is 0 Å². The molecule has 112 valence electrons. The Kier molecular flexibility index (Phi) is 5.03. The van der Waals surface area contributed by atoms with Crippen molar-refractivity contribution in [3.05, 3.63) is 58.7 Å². The van der Waals surface area contributed by atoms with Crippen LogP contribution >= 0.6 is 17.9 Å². The number of hydrogen-bond acceptors (Lipinski definition) is 3. The van der Waals surface area contributed by atoms with Crippen molar-refractivity contribution in [2.45, 2.75) is 27.7 Å². The first-order valence-electron chi connectivity index (χ1n) is 6.64. The van der Waals surface area contributed by atoms with Crippen molar-refractivity contribution < 1.29 is 9.05 Å². The van der Waals surface area contributed by atoms with Gasteiger partial charge in [-0.05, 0) is 73.9 Å². The topological polar surface area (TPSA) is 18.5 Å². The summed E-state index contributed by atoms with van der Waals surface area (Å²) in [6.45, 7) is 8.09. The first kappa shape index (κ1) is 16.4. The van der Waals surface area contributed by atoms with E-state index >= 15 is 0 Å². The van der Waals surface area contributed by atoms with E-state index in [4.69, 9.17) is 20.9 Å². The average Bonchev–Trinajstić information content (AvgIpc) is 2.40. The first-order chi connectivity index (χ1) is 9.80. The highest BCUT2D eigenvalue weighted by Gasteiger charge is 2.19. The molecule has 21 heavy (non-hydrogen) atoms. The lowest BCUT2D eigenvalue weighted by atomic mass is 10.1. The molecule has 2 rings (SSSR count). The van der Waals surface area contributed by atoms with Gasteiger partial charge in [0.2, 0.25) is 0 Å². The minimum Gasteiger partial charge on any atom is -0.428 e. The SMILES string of the molecule is Cc1cccc(OP(=S)(S)Oc2cccc(C)c2C)c1C. The zero-order valence-electron chi connectivity index (χ0n) is 12.6. The second-order valence-corrected chi connectivity index (χ2v) is 10.2. The highest BCUT2D eigenvalue weighted by Crippen LogP contribution is 2.54. The second-order valence-electron chi connectivity index (χ2n) is 5.05. The highest BCUT2D eigenvalue weighted by atomic mass is 32.9. The molecule has 0 aliphatic heterocycles. The maximum Gasteiger partial charge on any atom is 0.345 e. The molecular formula is C16H19O2PS2. The van der Waals surface area contributed by atoms with Gasteiger partial charge in [0.1, 0.15) is 11.5 Å². The fourth-order valence-corrected chi connectivity index (χ4v) is 3.85. The van der Waals surface area contributed by atoms with Crippen LogP contribution in [0.5, 0.6) is 11.5 Å². The van der Waals surface area contributed by atoms with Crippen LogP contribution in [-0.4, -0.2) is 0 Å². The number of aryl methyl sites for hydroxylation is 2. The monoisotopic (exact) mass is 338 g/mol. The van der Waals surface area contributed by atoms with Crippen molar-refractivity contribution in [1.82, 2.24) is 0 Å². The second kappa shape index (κ2) is 6.43. The van der Waals surface area contributed by atoms with E-state index in [2.05, 4.69) is 12.2 Å². The molecule has 0 N–H and O–H groups in total. The Morgan fingerprint density at radius 1 is 0.810 bits per heavy atom. The Morgan fingerprint density at radius 3 is 1.57 bits per heavy atom. The predicted molar refractivity (Wildman–Crippen MR) is 96.4 cm³/mol. The molecule has 0 aromatic heterocycles. The third-order valence-electron chi connectivity index (χ3n) is 3.54. The van der Waals surface area contributed by atoms with E-state index in [1.165, 1.54) is 0 Å². The van der Waals surface area contributed by atoms with E-state index in [1.54, 1.807) is 0 Å². The number of hydrogen-bond donors (Lipinski definition) is 1. The Bertz CT molecular complexity index is 656. The van der Waals surface area contributed by atoms with Gasteiger partial charge in [-0.15, -0.1) is 0 Å². The maximum absolute atomic E-state index is 5.88. The van der Waals surface area contributed by atoms with Gasteiger partial charge < -0.3 is 9.05 Å². The molecule has 2 aromatic carbocycles. The molecule has 0 spiro atoms. The molecular weight excluding hydrogens is 319 g/mol. The quantitative estimate of drug-likeness (QED) is 0.584. The lowest BCUT2D eigenvalue weighted by molar-refractivity contribution is 0.502. The molecule has 0 aliphatic rings. The van der Waals surface area contributed by atoms with Crippen LogP contribution in [0.2, 0.25) is 0 Å². The fraction of sp³-hybridized carbons (Fsp3) is 0.250. The first-order valence-corrected chi connectivity index (χ1v) is 10.4. The molecule has 0 heterocycles. The summed E-state index contributed by atoms with van der Waals surface area (Å²) in [4.78, 5) is 0. The zero-order valence-corrected chi connectivity index (χ0v) is 15.2. The van der Waals surface area contributed by atoms with E-state index < -0.39 is 5.69 Å². The third kappa shape index (κ3) is 4.03. The summed E-state index contributed by atoms with van der Waals surface area (Å²) < 4.78 is 11.8. The summed E-state index contributed by atoms with van der Waals surface area (Å²) in [7, 11) is 0. The number of rotatable bonds is 4. The molecule has 2 nitrogen and oxygen atoms in total. The van der Waals surface area contributed by atoms with Gasteiger partial charge in [-0.1, -0.05) is 36.5 Å². The largest absolute Gasteiger partial charge is 0.428 e. The molecule has 0 unspecified atom stereocenters. The predicted octanol–water partition coefficient (Wildman–Crippen LogP) is 5.53. The van der Waals surface area contributed by atoms with Crippen LogP contribution in [0.3, 0.4) is 0 Å². The van der Waals surface area contributed by atoms with E-state index in [-0.39, 0.29) is 0 Å². The van der Waals surface area contributed by atoms with Gasteiger partial charge in [0.15, 0.2) is 0 Å². The summed E-state index contributed by atoms with van der Waals surface area (Å²) in [5, 5.41) is 0. The smallest absolute Gasteiger partial charge is 0.345 e. The van der Waals surface area contributed by atoms with Crippen LogP contribution in [0.15, 0.2) is 36.4 Å². The van der Waals surface area contributed by atoms with Gasteiger partial charge in [-0.3, -0.25) is 0 Å². The third-order valence-corrected chi connectivity index (χ3v) is 5.33. The normalized spacial score (nSPS) is 11.3. The molecule has 0 bridgehead atoms. The molecule has 0 atom stereocenters. The summed E-state index contributed by atoms with van der Waals surface area (Å²) in [5.74, 6) is 1.47. The van der Waals surface area contributed by atoms with E-state index in [0.717, 1.165) is 33.8 Å². The summed E-state index contributed by atoms with van der Waals surface area (Å²) in [6, 6.07) is 11.8. The molecule has 0 radical (unpaired) electrons. The van der Waals surface area contributed by atoms with Gasteiger partial charge >= 0.3 is 5.69 Å². The van der Waals surface area contributed by atoms with Crippen molar-refractivity contribution in [2.24, 2.45) is 0 Å². The molecule has 0 saturated carbocycles. The van der Waals surface area contributed by atoms with Gasteiger partial charge in [-0.2, -0.15) is 0 Å². The highest BCUT2D eigenvalue weighted by molar-refractivity contribution is 8.60. The lowest BCUT2D eigenvalue weighted by Gasteiger charge is -2.21. The van der Waals surface area contributed by atoms with Crippen molar-refractivity contribution >= 4 is 29.7 Å². The Labute approximate surface area is 136 Å². The van der Waals surface area contributed by atoms with Crippen LogP contribution in [0.25, 0.3) is 0 Å². The van der Waals surface area contributed by atoms with Crippen LogP contribution in [0.4, 0.5) is 0 Å². The average molecular weight is 338 g/mol. The number of benzene rings is 2. The van der Waals surface area contributed by atoms with E-state index in [9.17, 15) is 0 Å². The van der Waals surface area contributed by atoms with Crippen LogP contribution in [-0.2, 0) is 11.8 Å². The summed E-state index contributed by atoms with van der Waals surface area (Å²) >= 11 is 9.90. The van der Waals surface area contributed by atoms with E-state index in [0.29, 0.717) is 0 Å². The van der Waals surface area contributed by atoms with Crippen molar-refractivity contribution in [3.63, 3.8) is 0 Å². The van der Waals surface area contributed by atoms with Crippen LogP contribution < -0.4 is 9.05 Å². The zero-order chi connectivity index (χ0) is 15.6. The van der Waals surface area contributed by atoms with Gasteiger partial charge in [0.05, 0.1) is 0 Å². The molecule has 0 fully saturated rings. The molecule has 0 aliphatic carbocycles. The Balaban J connectivity index is 2.25. The minimum atomic E-state index is -2.70. The van der Waals surface area contributed by atoms with Gasteiger partial charge in [-0.25, -0.2) is 0 Å². The van der Waals surface area contributed by atoms with E-state index in [1.807, 2.05) is 64.1 Å². The lowest BCUT2D eigenvalue weighted by Crippen LogP contribution is -1.99. The summed E-state index contributed by atoms with van der Waals surface area (Å²) in [5.41, 5.74) is 1.73. The standard InChI is InChI=1S/C16H19O2PS2/c1-11-7-5-9-15(13(11)3)17-19(20,21)18-16-10-6-8-12(2)14(16)4/h5-10H,1-4H3,(H,20,21).